The summed E-state index contributed by atoms with van der Waals surface area (Å²) in [7, 11) is 0. The Balaban J connectivity index is 2.22. The number of aliphatic imine (C=N–C) groups is 1. The molecule has 20 heavy (non-hydrogen) atoms. The van der Waals surface area contributed by atoms with E-state index in [4.69, 9.17) is 0 Å². The van der Waals surface area contributed by atoms with Gasteiger partial charge in [-0.25, -0.2) is 22.6 Å². The minimum Gasteiger partial charge on any atom is -0.342 e. The molecule has 0 spiro atoms. The van der Waals surface area contributed by atoms with E-state index < -0.39 is 23.3 Å². The first kappa shape index (κ1) is 14.0. The maximum absolute atomic E-state index is 13.4. The van der Waals surface area contributed by atoms with Gasteiger partial charge in [0.1, 0.15) is 29.0 Å². The fraction of sp³-hybridized carbons (Fsp3) is 0.0714. The second-order valence-corrected chi connectivity index (χ2v) is 4.04. The SMILES string of the molecule is CC(=Nc1ccc(F)cc1F)Nc1ccc(F)cc1F. The van der Waals surface area contributed by atoms with Gasteiger partial charge in [0.2, 0.25) is 0 Å². The number of halogens is 4. The van der Waals surface area contributed by atoms with Crippen LogP contribution in [0.25, 0.3) is 0 Å². The number of anilines is 1. The summed E-state index contributed by atoms with van der Waals surface area (Å²) < 4.78 is 52.3. The lowest BCUT2D eigenvalue weighted by atomic mass is 10.3. The summed E-state index contributed by atoms with van der Waals surface area (Å²) in [6, 6.07) is 5.92. The van der Waals surface area contributed by atoms with Crippen molar-refractivity contribution in [3.8, 4) is 0 Å². The fourth-order valence-corrected chi connectivity index (χ4v) is 1.57. The highest BCUT2D eigenvalue weighted by Crippen LogP contribution is 2.20. The zero-order chi connectivity index (χ0) is 14.7. The molecule has 2 nitrogen and oxygen atoms in total. The van der Waals surface area contributed by atoms with Crippen LogP contribution in [0.15, 0.2) is 41.4 Å². The smallest absolute Gasteiger partial charge is 0.151 e. The topological polar surface area (TPSA) is 24.4 Å². The molecule has 0 aliphatic rings. The molecule has 104 valence electrons. The second-order valence-electron chi connectivity index (χ2n) is 4.04. The number of hydrogen-bond donors (Lipinski definition) is 1. The van der Waals surface area contributed by atoms with Crippen molar-refractivity contribution in [2.24, 2.45) is 4.99 Å². The standard InChI is InChI=1S/C14H10F4N2/c1-8(19-13-4-2-9(15)6-11(13)17)20-14-5-3-10(16)7-12(14)18/h2-7H,1H3,(H,19,20). The predicted molar refractivity (Wildman–Crippen MR) is 69.1 cm³/mol. The number of hydrogen-bond acceptors (Lipinski definition) is 1. The van der Waals surface area contributed by atoms with E-state index in [9.17, 15) is 17.6 Å². The number of amidine groups is 1. The summed E-state index contributed by atoms with van der Waals surface area (Å²) in [6.07, 6.45) is 0. The lowest BCUT2D eigenvalue weighted by Gasteiger charge is -2.07. The van der Waals surface area contributed by atoms with Gasteiger partial charge in [-0.15, -0.1) is 0 Å². The predicted octanol–water partition coefficient (Wildman–Crippen LogP) is 4.41. The monoisotopic (exact) mass is 282 g/mol. The van der Waals surface area contributed by atoms with Gasteiger partial charge in [-0.05, 0) is 31.2 Å². The van der Waals surface area contributed by atoms with Crippen LogP contribution >= 0.6 is 0 Å². The molecule has 0 aliphatic carbocycles. The van der Waals surface area contributed by atoms with Crippen molar-refractivity contribution in [3.63, 3.8) is 0 Å². The summed E-state index contributed by atoms with van der Waals surface area (Å²) >= 11 is 0. The highest BCUT2D eigenvalue weighted by atomic mass is 19.1. The van der Waals surface area contributed by atoms with Crippen molar-refractivity contribution in [2.45, 2.75) is 6.92 Å². The molecule has 0 fully saturated rings. The van der Waals surface area contributed by atoms with Crippen molar-refractivity contribution < 1.29 is 17.6 Å². The van der Waals surface area contributed by atoms with Gasteiger partial charge < -0.3 is 5.32 Å². The van der Waals surface area contributed by atoms with Gasteiger partial charge in [-0.3, -0.25) is 0 Å². The van der Waals surface area contributed by atoms with Crippen LogP contribution in [0.3, 0.4) is 0 Å². The van der Waals surface area contributed by atoms with E-state index in [1.807, 2.05) is 0 Å². The number of rotatable bonds is 2. The maximum atomic E-state index is 13.4. The van der Waals surface area contributed by atoms with Gasteiger partial charge >= 0.3 is 0 Å². The molecule has 0 heterocycles. The van der Waals surface area contributed by atoms with Gasteiger partial charge in [0.25, 0.3) is 0 Å². The van der Waals surface area contributed by atoms with Crippen LogP contribution < -0.4 is 5.32 Å². The van der Waals surface area contributed by atoms with Gasteiger partial charge in [0.05, 0.1) is 5.69 Å². The molecule has 0 aromatic heterocycles. The first-order valence-corrected chi connectivity index (χ1v) is 5.68. The molecule has 0 saturated carbocycles. The van der Waals surface area contributed by atoms with Crippen LogP contribution in [0.4, 0.5) is 28.9 Å². The van der Waals surface area contributed by atoms with E-state index in [0.29, 0.717) is 12.1 Å². The summed E-state index contributed by atoms with van der Waals surface area (Å²) in [4.78, 5) is 3.86. The van der Waals surface area contributed by atoms with Crippen LogP contribution in [0, 0.1) is 23.3 Å². The van der Waals surface area contributed by atoms with Gasteiger partial charge in [-0.1, -0.05) is 0 Å². The van der Waals surface area contributed by atoms with Crippen molar-refractivity contribution in [3.05, 3.63) is 59.7 Å². The summed E-state index contributed by atoms with van der Waals surface area (Å²) in [5.74, 6) is -2.85. The molecule has 0 saturated heterocycles. The van der Waals surface area contributed by atoms with E-state index in [1.54, 1.807) is 0 Å². The minimum atomic E-state index is -0.828. The zero-order valence-corrected chi connectivity index (χ0v) is 10.4. The van der Waals surface area contributed by atoms with Crippen molar-refractivity contribution in [1.82, 2.24) is 0 Å². The number of nitrogens with one attached hydrogen (secondary N) is 1. The molecule has 1 N–H and O–H groups in total. The van der Waals surface area contributed by atoms with Crippen LogP contribution in [-0.2, 0) is 0 Å². The van der Waals surface area contributed by atoms with E-state index in [-0.39, 0.29) is 17.2 Å². The molecular weight excluding hydrogens is 272 g/mol. The molecular formula is C14H10F4N2. The molecule has 0 bridgehead atoms. The molecule has 6 heteroatoms. The lowest BCUT2D eigenvalue weighted by molar-refractivity contribution is 0.585. The third kappa shape index (κ3) is 3.34. The Morgan fingerprint density at radius 3 is 2.10 bits per heavy atom. The van der Waals surface area contributed by atoms with Crippen LogP contribution in [0.2, 0.25) is 0 Å². The van der Waals surface area contributed by atoms with Crippen molar-refractivity contribution in [1.29, 1.82) is 0 Å². The van der Waals surface area contributed by atoms with Crippen LogP contribution in [-0.4, -0.2) is 5.84 Å². The molecule has 0 aliphatic heterocycles. The van der Waals surface area contributed by atoms with Crippen molar-refractivity contribution >= 4 is 17.2 Å². The summed E-state index contributed by atoms with van der Waals surface area (Å²) in [5.41, 5.74) is -0.0749. The van der Waals surface area contributed by atoms with E-state index in [2.05, 4.69) is 10.3 Å². The zero-order valence-electron chi connectivity index (χ0n) is 10.4. The van der Waals surface area contributed by atoms with Crippen molar-refractivity contribution in [2.75, 3.05) is 5.32 Å². The second kappa shape index (κ2) is 5.73. The molecule has 0 unspecified atom stereocenters. The largest absolute Gasteiger partial charge is 0.342 e. The first-order chi connectivity index (χ1) is 9.45. The molecule has 2 aromatic carbocycles. The Morgan fingerprint density at radius 1 is 0.900 bits per heavy atom. The number of benzene rings is 2. The van der Waals surface area contributed by atoms with E-state index in [0.717, 1.165) is 18.2 Å². The van der Waals surface area contributed by atoms with E-state index in [1.165, 1.54) is 13.0 Å². The Bertz CT molecular complexity index is 668. The highest BCUT2D eigenvalue weighted by Gasteiger charge is 2.06. The normalized spacial score (nSPS) is 11.6. The summed E-state index contributed by atoms with van der Waals surface area (Å²) in [5, 5.41) is 2.58. The molecule has 0 atom stereocenters. The fourth-order valence-electron chi connectivity index (χ4n) is 1.57. The van der Waals surface area contributed by atoms with E-state index >= 15 is 0 Å². The van der Waals surface area contributed by atoms with Crippen LogP contribution in [0.1, 0.15) is 6.92 Å². The molecule has 0 radical (unpaired) electrons. The van der Waals surface area contributed by atoms with Gasteiger partial charge in [-0.2, -0.15) is 0 Å². The molecule has 2 aromatic rings. The average Bonchev–Trinajstić information content (AvgIpc) is 2.36. The maximum Gasteiger partial charge on any atom is 0.151 e. The van der Waals surface area contributed by atoms with Crippen LogP contribution in [0.5, 0.6) is 0 Å². The molecule has 0 amide bonds. The lowest BCUT2D eigenvalue weighted by Crippen LogP contribution is -2.08. The number of nitrogens with zero attached hydrogens (tertiary/aromatic N) is 1. The summed E-state index contributed by atoms with van der Waals surface area (Å²) in [6.45, 7) is 1.48. The Kier molecular flexibility index (Phi) is 4.02. The quantitative estimate of drug-likeness (QED) is 0.492. The Hall–Kier alpha value is -2.37. The minimum absolute atomic E-state index is 0.00942. The first-order valence-electron chi connectivity index (χ1n) is 5.68. The Morgan fingerprint density at radius 2 is 1.50 bits per heavy atom. The highest BCUT2D eigenvalue weighted by molar-refractivity contribution is 5.95. The average molecular weight is 282 g/mol. The van der Waals surface area contributed by atoms with Gasteiger partial charge in [0, 0.05) is 12.1 Å². The third-order valence-electron chi connectivity index (χ3n) is 2.44. The molecule has 2 rings (SSSR count). The Labute approximate surface area is 112 Å². The third-order valence-corrected chi connectivity index (χ3v) is 2.44. The van der Waals surface area contributed by atoms with Gasteiger partial charge in [0.15, 0.2) is 5.82 Å².